The second kappa shape index (κ2) is 8.31. The summed E-state index contributed by atoms with van der Waals surface area (Å²) in [5, 5.41) is 3.48. The Hall–Kier alpha value is -2.18. The number of aromatic nitrogens is 2. The van der Waals surface area contributed by atoms with E-state index in [2.05, 4.69) is 46.4 Å². The Morgan fingerprint density at radius 3 is 2.78 bits per heavy atom. The average molecular weight is 434 g/mol. The molecule has 0 amide bonds. The smallest absolute Gasteiger partial charge is 0.318 e. The van der Waals surface area contributed by atoms with Gasteiger partial charge in [-0.25, -0.2) is 0 Å². The van der Waals surface area contributed by atoms with Crippen molar-refractivity contribution in [2.45, 2.75) is 56.4 Å². The van der Waals surface area contributed by atoms with E-state index in [1.165, 1.54) is 48.9 Å². The van der Waals surface area contributed by atoms with E-state index in [9.17, 15) is 0 Å². The second-order valence-electron chi connectivity index (χ2n) is 10.2. The maximum atomic E-state index is 6.27. The fourth-order valence-electron chi connectivity index (χ4n) is 6.44. The SMILES string of the molecule is CN1CCC[C@H]1COc1nc2c(c(N3CCNCC3)n1)CCC1(CCc3ccccc31)C2. The lowest BCUT2D eigenvalue weighted by atomic mass is 9.69. The molecule has 0 saturated carbocycles. The molecule has 4 aliphatic rings. The van der Waals surface area contributed by atoms with Crippen LogP contribution in [0.15, 0.2) is 24.3 Å². The van der Waals surface area contributed by atoms with E-state index in [4.69, 9.17) is 14.7 Å². The number of anilines is 1. The zero-order valence-electron chi connectivity index (χ0n) is 19.3. The van der Waals surface area contributed by atoms with Gasteiger partial charge < -0.3 is 19.9 Å². The summed E-state index contributed by atoms with van der Waals surface area (Å²) in [6, 6.07) is 10.1. The van der Waals surface area contributed by atoms with Crippen molar-refractivity contribution < 1.29 is 4.74 Å². The summed E-state index contributed by atoms with van der Waals surface area (Å²) in [5.41, 5.74) is 5.93. The van der Waals surface area contributed by atoms with E-state index >= 15 is 0 Å². The number of benzene rings is 1. The molecule has 6 heteroatoms. The zero-order chi connectivity index (χ0) is 21.5. The number of nitrogens with one attached hydrogen (secondary N) is 1. The van der Waals surface area contributed by atoms with Gasteiger partial charge in [0.1, 0.15) is 12.4 Å². The van der Waals surface area contributed by atoms with Gasteiger partial charge in [0.05, 0.1) is 5.69 Å². The number of likely N-dealkylation sites (tertiary alicyclic amines) is 1. The highest BCUT2D eigenvalue weighted by Crippen LogP contribution is 2.48. The highest BCUT2D eigenvalue weighted by atomic mass is 16.5. The minimum absolute atomic E-state index is 0.238. The second-order valence-corrected chi connectivity index (χ2v) is 10.2. The summed E-state index contributed by atoms with van der Waals surface area (Å²) in [6.45, 7) is 5.88. The van der Waals surface area contributed by atoms with Crippen molar-refractivity contribution >= 4 is 5.82 Å². The van der Waals surface area contributed by atoms with Crippen LogP contribution in [-0.2, 0) is 24.7 Å². The molecule has 6 rings (SSSR count). The molecule has 2 aliphatic heterocycles. The summed E-state index contributed by atoms with van der Waals surface area (Å²) < 4.78 is 6.27. The molecular formula is C26H35N5O. The predicted octanol–water partition coefficient (Wildman–Crippen LogP) is 2.73. The highest BCUT2D eigenvalue weighted by Gasteiger charge is 2.43. The van der Waals surface area contributed by atoms with E-state index in [1.807, 2.05) is 0 Å². The molecule has 2 saturated heterocycles. The third kappa shape index (κ3) is 3.57. The fraction of sp³-hybridized carbons (Fsp3) is 0.615. The average Bonchev–Trinajstić information content (AvgIpc) is 3.41. The van der Waals surface area contributed by atoms with Crippen LogP contribution in [-0.4, -0.2) is 67.3 Å². The normalized spacial score (nSPS) is 27.5. The standard InChI is InChI=1S/C26H35N5O/c1-30-14-4-6-20(30)18-32-25-28-23-17-26(10-8-19-5-2-3-7-22(19)26)11-9-21(23)24(29-25)31-15-12-27-13-16-31/h2-3,5,7,20,27H,4,6,8-18H2,1H3/t20-,26?/m0/s1. The van der Waals surface area contributed by atoms with Crippen LogP contribution in [0.2, 0.25) is 0 Å². The number of rotatable bonds is 4. The van der Waals surface area contributed by atoms with E-state index in [0.29, 0.717) is 18.7 Å². The van der Waals surface area contributed by atoms with Crippen molar-refractivity contribution in [2.75, 3.05) is 51.3 Å². The number of fused-ring (bicyclic) bond motifs is 3. The number of likely N-dealkylation sites (N-methyl/N-ethyl adjacent to an activating group) is 1. The van der Waals surface area contributed by atoms with Gasteiger partial charge in [-0.15, -0.1) is 0 Å². The Labute approximate surface area is 191 Å². The molecule has 32 heavy (non-hydrogen) atoms. The van der Waals surface area contributed by atoms with E-state index < -0.39 is 0 Å². The van der Waals surface area contributed by atoms with Crippen molar-refractivity contribution in [1.29, 1.82) is 0 Å². The maximum absolute atomic E-state index is 6.27. The summed E-state index contributed by atoms with van der Waals surface area (Å²) in [6.07, 6.45) is 8.16. The van der Waals surface area contributed by atoms with Gasteiger partial charge >= 0.3 is 6.01 Å². The largest absolute Gasteiger partial charge is 0.462 e. The Balaban J connectivity index is 1.33. The van der Waals surface area contributed by atoms with Gasteiger partial charge in [0.25, 0.3) is 0 Å². The molecule has 1 aromatic carbocycles. The lowest BCUT2D eigenvalue weighted by Gasteiger charge is -2.38. The van der Waals surface area contributed by atoms with Crippen LogP contribution < -0.4 is 15.0 Å². The molecule has 0 radical (unpaired) electrons. The summed E-state index contributed by atoms with van der Waals surface area (Å²) in [7, 11) is 2.20. The van der Waals surface area contributed by atoms with Gasteiger partial charge in [0.15, 0.2) is 0 Å². The number of nitrogens with zero attached hydrogens (tertiary/aromatic N) is 4. The Morgan fingerprint density at radius 1 is 1.09 bits per heavy atom. The molecule has 2 fully saturated rings. The Kier molecular flexibility index (Phi) is 5.30. The van der Waals surface area contributed by atoms with Gasteiger partial charge in [0, 0.05) is 43.2 Å². The maximum Gasteiger partial charge on any atom is 0.318 e. The molecule has 2 atom stereocenters. The van der Waals surface area contributed by atoms with Gasteiger partial charge in [0.2, 0.25) is 0 Å². The number of hydrogen-bond acceptors (Lipinski definition) is 6. The van der Waals surface area contributed by atoms with Crippen molar-refractivity contribution in [3.8, 4) is 6.01 Å². The third-order valence-electron chi connectivity index (χ3n) is 8.36. The first-order valence-corrected chi connectivity index (χ1v) is 12.5. The molecule has 170 valence electrons. The van der Waals surface area contributed by atoms with Gasteiger partial charge in [-0.05, 0) is 69.7 Å². The van der Waals surface area contributed by atoms with Crippen LogP contribution in [0.5, 0.6) is 6.01 Å². The Bertz CT molecular complexity index is 988. The van der Waals surface area contributed by atoms with Gasteiger partial charge in [-0.2, -0.15) is 9.97 Å². The molecular weight excluding hydrogens is 398 g/mol. The van der Waals surface area contributed by atoms with Gasteiger partial charge in [-0.1, -0.05) is 24.3 Å². The summed E-state index contributed by atoms with van der Waals surface area (Å²) in [4.78, 5) is 14.9. The van der Waals surface area contributed by atoms with Gasteiger partial charge in [-0.3, -0.25) is 0 Å². The monoisotopic (exact) mass is 433 g/mol. The molecule has 3 heterocycles. The third-order valence-corrected chi connectivity index (χ3v) is 8.36. The highest BCUT2D eigenvalue weighted by molar-refractivity contribution is 5.54. The Morgan fingerprint density at radius 2 is 1.94 bits per heavy atom. The summed E-state index contributed by atoms with van der Waals surface area (Å²) >= 11 is 0. The van der Waals surface area contributed by atoms with Crippen LogP contribution in [0.1, 0.15) is 48.1 Å². The molecule has 1 N–H and O–H groups in total. The lowest BCUT2D eigenvalue weighted by molar-refractivity contribution is 0.186. The van der Waals surface area contributed by atoms with E-state index in [0.717, 1.165) is 51.4 Å². The molecule has 2 aliphatic carbocycles. The first-order chi connectivity index (χ1) is 15.7. The number of ether oxygens (including phenoxy) is 1. The summed E-state index contributed by atoms with van der Waals surface area (Å²) in [5.74, 6) is 1.13. The van der Waals surface area contributed by atoms with Crippen LogP contribution in [0, 0.1) is 0 Å². The molecule has 1 spiro atoms. The number of hydrogen-bond donors (Lipinski definition) is 1. The minimum atomic E-state index is 0.238. The van der Waals surface area contributed by atoms with Crippen molar-refractivity contribution in [1.82, 2.24) is 20.2 Å². The molecule has 0 bridgehead atoms. The fourth-order valence-corrected chi connectivity index (χ4v) is 6.44. The van der Waals surface area contributed by atoms with Crippen molar-refractivity contribution in [3.05, 3.63) is 46.6 Å². The molecule has 6 nitrogen and oxygen atoms in total. The number of piperazine rings is 1. The van der Waals surface area contributed by atoms with Crippen molar-refractivity contribution in [3.63, 3.8) is 0 Å². The van der Waals surface area contributed by atoms with Crippen LogP contribution >= 0.6 is 0 Å². The molecule has 1 aromatic heterocycles. The van der Waals surface area contributed by atoms with E-state index in [1.54, 1.807) is 5.56 Å². The minimum Gasteiger partial charge on any atom is -0.462 e. The van der Waals surface area contributed by atoms with Crippen LogP contribution in [0.25, 0.3) is 0 Å². The van der Waals surface area contributed by atoms with Crippen molar-refractivity contribution in [2.24, 2.45) is 0 Å². The van der Waals surface area contributed by atoms with Crippen LogP contribution in [0.3, 0.4) is 0 Å². The predicted molar refractivity (Wildman–Crippen MR) is 127 cm³/mol. The number of aryl methyl sites for hydroxylation is 1. The molecule has 1 unspecified atom stereocenters. The topological polar surface area (TPSA) is 53.5 Å². The molecule has 2 aromatic rings. The first-order valence-electron chi connectivity index (χ1n) is 12.5. The first kappa shape index (κ1) is 20.4. The lowest BCUT2D eigenvalue weighted by Crippen LogP contribution is -2.45. The van der Waals surface area contributed by atoms with Crippen LogP contribution in [0.4, 0.5) is 5.82 Å². The van der Waals surface area contributed by atoms with E-state index in [-0.39, 0.29) is 5.41 Å². The quantitative estimate of drug-likeness (QED) is 0.800. The zero-order valence-corrected chi connectivity index (χ0v) is 19.3.